The van der Waals surface area contributed by atoms with Crippen LogP contribution in [-0.2, 0) is 16.0 Å². The number of carboxylic acid groups (broad SMARTS) is 1. The molecule has 1 aliphatic heterocycles. The molecule has 1 saturated carbocycles. The zero-order valence-electron chi connectivity index (χ0n) is 18.9. The number of aliphatic hydroxyl groups excluding tert-OH is 1. The van der Waals surface area contributed by atoms with Gasteiger partial charge in [-0.05, 0) is 11.1 Å². The predicted octanol–water partition coefficient (Wildman–Crippen LogP) is 4.41. The number of aliphatic hydroxyl groups is 2. The van der Waals surface area contributed by atoms with Crippen molar-refractivity contribution in [1.29, 1.82) is 0 Å². The number of halogens is 3. The van der Waals surface area contributed by atoms with Gasteiger partial charge in [0.15, 0.2) is 11.2 Å². The van der Waals surface area contributed by atoms with Gasteiger partial charge in [-0.25, -0.2) is 13.8 Å². The topological polar surface area (TPSA) is 109 Å². The van der Waals surface area contributed by atoms with Crippen molar-refractivity contribution < 1.29 is 38.4 Å². The van der Waals surface area contributed by atoms with Crippen LogP contribution in [0.15, 0.2) is 60.7 Å². The maximum atomic E-state index is 13.4. The normalized spacial score (nSPS) is 28.5. The minimum absolute atomic E-state index is 0.00482. The minimum Gasteiger partial charge on any atom is -0.481 e. The first kappa shape index (κ1) is 24.4. The molecule has 36 heavy (non-hydrogen) atoms. The molecule has 5 atom stereocenters. The first-order valence-electron chi connectivity index (χ1n) is 11.1. The maximum Gasteiger partial charge on any atom is 0.303 e. The number of hydrogen-bond donors (Lipinski definition) is 3. The third kappa shape index (κ3) is 3.30. The first-order valence-corrected chi connectivity index (χ1v) is 11.5. The Morgan fingerprint density at radius 2 is 1.86 bits per heavy atom. The van der Waals surface area contributed by atoms with Crippen molar-refractivity contribution in [3.05, 3.63) is 88.1 Å². The van der Waals surface area contributed by atoms with Crippen molar-refractivity contribution in [2.75, 3.05) is 7.11 Å². The summed E-state index contributed by atoms with van der Waals surface area (Å²) >= 11 is 6.17. The molecule has 0 bridgehead atoms. The van der Waals surface area contributed by atoms with E-state index < -0.39 is 48.0 Å². The Balaban J connectivity index is 1.85. The summed E-state index contributed by atoms with van der Waals surface area (Å²) in [5, 5.41) is 33.9. The van der Waals surface area contributed by atoms with Crippen molar-refractivity contribution in [3.8, 4) is 11.6 Å². The van der Waals surface area contributed by atoms with Gasteiger partial charge >= 0.3 is 5.97 Å². The molecule has 2 aromatic carbocycles. The summed E-state index contributed by atoms with van der Waals surface area (Å²) in [7, 11) is 1.31. The molecule has 0 spiro atoms. The fourth-order valence-electron chi connectivity index (χ4n) is 5.86. The molecule has 0 unspecified atom stereocenters. The van der Waals surface area contributed by atoms with Crippen LogP contribution < -0.4 is 9.47 Å². The Kier molecular flexibility index (Phi) is 5.89. The van der Waals surface area contributed by atoms with Crippen molar-refractivity contribution in [1.82, 2.24) is 4.98 Å². The quantitative estimate of drug-likeness (QED) is 0.416. The monoisotopic (exact) mass is 517 g/mol. The lowest BCUT2D eigenvalue weighted by Crippen LogP contribution is -2.52. The van der Waals surface area contributed by atoms with E-state index in [1.54, 1.807) is 30.3 Å². The van der Waals surface area contributed by atoms with Crippen molar-refractivity contribution in [2.45, 2.75) is 36.1 Å². The van der Waals surface area contributed by atoms with Crippen LogP contribution in [-0.4, -0.2) is 39.5 Å². The Hall–Kier alpha value is -3.27. The highest BCUT2D eigenvalue weighted by Gasteiger charge is 2.77. The van der Waals surface area contributed by atoms with Gasteiger partial charge in [-0.3, -0.25) is 4.79 Å². The summed E-state index contributed by atoms with van der Waals surface area (Å²) in [5.41, 5.74) is -3.47. The van der Waals surface area contributed by atoms with Gasteiger partial charge in [-0.15, -0.1) is 0 Å². The van der Waals surface area contributed by atoms with E-state index in [0.717, 1.165) is 0 Å². The van der Waals surface area contributed by atoms with E-state index in [4.69, 9.17) is 21.1 Å². The van der Waals surface area contributed by atoms with Gasteiger partial charge in [0.25, 0.3) is 6.43 Å². The van der Waals surface area contributed by atoms with Crippen LogP contribution in [0, 0.1) is 5.92 Å². The highest BCUT2D eigenvalue weighted by Crippen LogP contribution is 2.70. The number of nitrogens with zero attached hydrogens (tertiary/aromatic N) is 1. The predicted molar refractivity (Wildman–Crippen MR) is 124 cm³/mol. The van der Waals surface area contributed by atoms with Gasteiger partial charge in [0.05, 0.1) is 25.2 Å². The van der Waals surface area contributed by atoms with Crippen LogP contribution in [0.5, 0.6) is 11.6 Å². The average Bonchev–Trinajstić information content (AvgIpc) is 3.21. The molecule has 3 aromatic rings. The van der Waals surface area contributed by atoms with E-state index >= 15 is 0 Å². The number of fused-ring (bicyclic) bond motifs is 3. The number of carboxylic acids is 1. The second kappa shape index (κ2) is 8.69. The number of aliphatic carboxylic acids is 1. The van der Waals surface area contributed by atoms with E-state index in [1.807, 2.05) is 0 Å². The van der Waals surface area contributed by atoms with Gasteiger partial charge < -0.3 is 24.8 Å². The summed E-state index contributed by atoms with van der Waals surface area (Å²) in [6.45, 7) is 0. The van der Waals surface area contributed by atoms with E-state index in [0.29, 0.717) is 5.56 Å². The Labute approximate surface area is 209 Å². The molecule has 3 N–H and O–H groups in total. The largest absolute Gasteiger partial charge is 0.481 e. The minimum atomic E-state index is -2.72. The van der Waals surface area contributed by atoms with Gasteiger partial charge in [0, 0.05) is 23.5 Å². The molecule has 7 nitrogen and oxygen atoms in total. The maximum absolute atomic E-state index is 13.4. The second-order valence-corrected chi connectivity index (χ2v) is 9.34. The van der Waals surface area contributed by atoms with Crippen LogP contribution in [0.4, 0.5) is 8.78 Å². The number of methoxy groups -OCH3 is 1. The van der Waals surface area contributed by atoms with Crippen molar-refractivity contribution >= 4 is 17.6 Å². The Morgan fingerprint density at radius 1 is 1.19 bits per heavy atom. The van der Waals surface area contributed by atoms with Gasteiger partial charge in [-0.1, -0.05) is 66.2 Å². The SMILES string of the molecule is COc1nc(Cl)cc2c1[C@]1(O)[C@H](O)[C@H](CC(=O)O)[C@@H](c3ccccc3)[C@]1(c1ccc(C(F)F)cc1)O2. The number of ether oxygens (including phenoxy) is 2. The highest BCUT2D eigenvalue weighted by atomic mass is 35.5. The molecule has 0 saturated heterocycles. The van der Waals surface area contributed by atoms with Crippen LogP contribution in [0.25, 0.3) is 0 Å². The number of rotatable bonds is 6. The van der Waals surface area contributed by atoms with E-state index in [9.17, 15) is 28.9 Å². The standard InChI is InChI=1S/C26H22ClF2NO6/c1-35-24-21-17(12-18(27)30-24)36-26(15-9-7-14(8-10-15)23(28)29)20(13-5-3-2-4-6-13)16(11-19(31)32)22(33)25(21,26)34/h2-10,12,16,20,22-23,33-34H,11H2,1H3,(H,31,32)/t16-,20-,22-,25+,26+/m1/s1. The van der Waals surface area contributed by atoms with E-state index in [2.05, 4.69) is 4.98 Å². The van der Waals surface area contributed by atoms with E-state index in [1.165, 1.54) is 37.4 Å². The number of hydrogen-bond acceptors (Lipinski definition) is 6. The third-order valence-electron chi connectivity index (χ3n) is 7.19. The molecule has 1 fully saturated rings. The van der Waals surface area contributed by atoms with Gasteiger partial charge in [-0.2, -0.15) is 0 Å². The zero-order valence-corrected chi connectivity index (χ0v) is 19.7. The van der Waals surface area contributed by atoms with Gasteiger partial charge in [0.2, 0.25) is 5.88 Å². The average molecular weight is 518 g/mol. The number of pyridine rings is 1. The fraction of sp³-hybridized carbons (Fsp3) is 0.308. The highest BCUT2D eigenvalue weighted by molar-refractivity contribution is 6.29. The van der Waals surface area contributed by atoms with Crippen LogP contribution in [0.3, 0.4) is 0 Å². The lowest BCUT2D eigenvalue weighted by atomic mass is 9.70. The fourth-order valence-corrected chi connectivity index (χ4v) is 6.03. The van der Waals surface area contributed by atoms with Crippen LogP contribution >= 0.6 is 11.6 Å². The molecule has 1 aliphatic carbocycles. The Bertz CT molecular complexity index is 1310. The number of alkyl halides is 2. The summed E-state index contributed by atoms with van der Waals surface area (Å²) in [5.74, 6) is -3.15. The first-order chi connectivity index (χ1) is 17.1. The zero-order chi connectivity index (χ0) is 25.8. The summed E-state index contributed by atoms with van der Waals surface area (Å²) in [6.07, 6.45) is -4.88. The van der Waals surface area contributed by atoms with Crippen LogP contribution in [0.2, 0.25) is 5.15 Å². The van der Waals surface area contributed by atoms with Crippen molar-refractivity contribution in [2.24, 2.45) is 5.92 Å². The molecule has 0 radical (unpaired) electrons. The lowest BCUT2D eigenvalue weighted by Gasteiger charge is -2.41. The second-order valence-electron chi connectivity index (χ2n) is 8.95. The number of aromatic nitrogens is 1. The molecule has 0 amide bonds. The molecular formula is C26H22ClF2NO6. The molecular weight excluding hydrogens is 496 g/mol. The van der Waals surface area contributed by atoms with Crippen LogP contribution in [0.1, 0.15) is 41.0 Å². The Morgan fingerprint density at radius 3 is 2.44 bits per heavy atom. The molecule has 188 valence electrons. The summed E-state index contributed by atoms with van der Waals surface area (Å²) in [6, 6.07) is 15.3. The molecule has 10 heteroatoms. The summed E-state index contributed by atoms with van der Waals surface area (Å²) < 4.78 is 38.6. The molecule has 2 aliphatic rings. The molecule has 5 rings (SSSR count). The third-order valence-corrected chi connectivity index (χ3v) is 7.38. The summed E-state index contributed by atoms with van der Waals surface area (Å²) in [4.78, 5) is 16.0. The van der Waals surface area contributed by atoms with Gasteiger partial charge in [0.1, 0.15) is 10.9 Å². The number of benzene rings is 2. The van der Waals surface area contributed by atoms with E-state index in [-0.39, 0.29) is 33.5 Å². The lowest BCUT2D eigenvalue weighted by molar-refractivity contribution is -0.154. The van der Waals surface area contributed by atoms with Crippen molar-refractivity contribution in [3.63, 3.8) is 0 Å². The molecule has 2 heterocycles. The smallest absolute Gasteiger partial charge is 0.303 e. The molecule has 1 aromatic heterocycles. The number of carbonyl (C=O) groups is 1.